The molecule has 2 aliphatic rings. The van der Waals surface area contributed by atoms with Crippen molar-refractivity contribution in [2.75, 3.05) is 26.4 Å². The van der Waals surface area contributed by atoms with Gasteiger partial charge in [0, 0.05) is 6.61 Å². The summed E-state index contributed by atoms with van der Waals surface area (Å²) in [6.07, 6.45) is -1.54. The molecule has 0 aromatic rings. The van der Waals surface area contributed by atoms with Gasteiger partial charge in [0.15, 0.2) is 6.29 Å². The van der Waals surface area contributed by atoms with Crippen LogP contribution in [-0.4, -0.2) is 128 Å². The fraction of sp³-hybridized carbons (Fsp3) is 1.00. The number of aliphatic hydroxyl groups is 4. The van der Waals surface area contributed by atoms with E-state index in [0.29, 0.717) is 6.42 Å². The Morgan fingerprint density at radius 1 is 0.795 bits per heavy atom. The molecule has 2 saturated heterocycles. The molecule has 0 aromatic carbocycles. The summed E-state index contributed by atoms with van der Waals surface area (Å²) in [5.74, 6) is 0. The topological polar surface area (TPSA) is 245 Å². The molecule has 2 heterocycles. The van der Waals surface area contributed by atoms with Crippen molar-refractivity contribution in [3.63, 3.8) is 0 Å². The van der Waals surface area contributed by atoms with Crippen LogP contribution in [0, 0.1) is 0 Å². The molecule has 44 heavy (non-hydrogen) atoms. The van der Waals surface area contributed by atoms with Gasteiger partial charge in [-0.05, 0) is 6.42 Å². The lowest BCUT2D eigenvalue weighted by atomic mass is 9.99. The lowest BCUT2D eigenvalue weighted by Crippen LogP contribution is -2.62. The highest BCUT2D eigenvalue weighted by Crippen LogP contribution is 2.31. The number of hydrogen-bond donors (Lipinski definition) is 6. The van der Waals surface area contributed by atoms with E-state index in [0.717, 1.165) is 19.3 Å². The molecule has 0 radical (unpaired) electrons. The zero-order valence-electron chi connectivity index (χ0n) is 25.1. The van der Waals surface area contributed by atoms with Crippen molar-refractivity contribution < 1.29 is 73.7 Å². The van der Waals surface area contributed by atoms with Gasteiger partial charge in [0.2, 0.25) is 0 Å². The number of hydrogen-bond acceptors (Lipinski definition) is 14. The van der Waals surface area contributed by atoms with Crippen molar-refractivity contribution >= 4 is 20.8 Å². The van der Waals surface area contributed by atoms with E-state index in [4.69, 9.17) is 27.7 Å². The van der Waals surface area contributed by atoms with Crippen LogP contribution in [-0.2, 0) is 48.1 Å². The molecule has 0 unspecified atom stereocenters. The molecule has 0 aliphatic carbocycles. The lowest BCUT2D eigenvalue weighted by Gasteiger charge is -2.42. The summed E-state index contributed by atoms with van der Waals surface area (Å²) >= 11 is 0. The molecule has 0 spiro atoms. The van der Waals surface area contributed by atoms with E-state index < -0.39 is 89.1 Å². The zero-order valence-corrected chi connectivity index (χ0v) is 26.7. The van der Waals surface area contributed by atoms with Crippen LogP contribution < -0.4 is 0 Å². The van der Waals surface area contributed by atoms with Crippen molar-refractivity contribution in [3.8, 4) is 0 Å². The van der Waals surface area contributed by atoms with Crippen molar-refractivity contribution in [2.24, 2.45) is 0 Å². The van der Waals surface area contributed by atoms with E-state index >= 15 is 0 Å². The Kier molecular flexibility index (Phi) is 17.9. The summed E-state index contributed by atoms with van der Waals surface area (Å²) < 4.78 is 95.0. The molecule has 0 bridgehead atoms. The van der Waals surface area contributed by atoms with Crippen LogP contribution >= 0.6 is 0 Å². The summed E-state index contributed by atoms with van der Waals surface area (Å²) in [6, 6.07) is 0. The minimum Gasteiger partial charge on any atom is -0.394 e. The lowest BCUT2D eigenvalue weighted by molar-refractivity contribution is -0.316. The number of unbranched alkanes of at least 4 members (excludes halogenated alkanes) is 11. The Labute approximate surface area is 259 Å². The molecule has 9 atom stereocenters. The first-order chi connectivity index (χ1) is 20.8. The number of ether oxygens (including phenoxy) is 4. The van der Waals surface area contributed by atoms with E-state index in [-0.39, 0.29) is 13.2 Å². The Balaban J connectivity index is 1.89. The van der Waals surface area contributed by atoms with Crippen LogP contribution in [0.1, 0.15) is 84.0 Å². The van der Waals surface area contributed by atoms with Crippen molar-refractivity contribution in [1.82, 2.24) is 0 Å². The summed E-state index contributed by atoms with van der Waals surface area (Å²) in [4.78, 5) is 0. The molecule has 0 aromatic heterocycles. The van der Waals surface area contributed by atoms with Crippen LogP contribution in [0.3, 0.4) is 0 Å². The molecule has 16 nitrogen and oxygen atoms in total. The largest absolute Gasteiger partial charge is 0.397 e. The van der Waals surface area contributed by atoms with E-state index in [1.807, 2.05) is 0 Å². The minimum absolute atomic E-state index is 0.249. The van der Waals surface area contributed by atoms with Gasteiger partial charge in [-0.15, -0.1) is 0 Å². The predicted octanol–water partition coefficient (Wildman–Crippen LogP) is 0.664. The second-order valence-corrected chi connectivity index (χ2v) is 13.3. The van der Waals surface area contributed by atoms with Gasteiger partial charge < -0.3 is 39.4 Å². The normalized spacial score (nSPS) is 30.5. The molecule has 2 rings (SSSR count). The van der Waals surface area contributed by atoms with Crippen molar-refractivity contribution in [3.05, 3.63) is 0 Å². The highest BCUT2D eigenvalue weighted by molar-refractivity contribution is 7.81. The van der Waals surface area contributed by atoms with Gasteiger partial charge in [0.25, 0.3) is 0 Å². The standard InChI is InChI=1S/C26H50O16S2/c1-2-3-4-5-6-7-8-9-10-11-12-13-14-37-17-20(41-43(31,32)33)24-23(18(28)16-38-24)40-26-22(30)25(42-44(34,35)36)21(29)19(15-27)39-26/h18-30H,2-17H2,1H3,(H,31,32,33)(H,34,35,36)/t18-,19-,20+,21+,22-,23+,24-,25+,26+/m1/s1. The van der Waals surface area contributed by atoms with Gasteiger partial charge in [-0.3, -0.25) is 9.11 Å². The maximum atomic E-state index is 11.6. The average molecular weight is 683 g/mol. The maximum absolute atomic E-state index is 11.6. The number of aliphatic hydroxyl groups excluding tert-OH is 4. The van der Waals surface area contributed by atoms with Gasteiger partial charge in [-0.25, -0.2) is 8.37 Å². The van der Waals surface area contributed by atoms with Gasteiger partial charge in [-0.2, -0.15) is 16.8 Å². The summed E-state index contributed by atoms with van der Waals surface area (Å²) in [5.41, 5.74) is 0. The molecule has 6 N–H and O–H groups in total. The Morgan fingerprint density at radius 3 is 1.89 bits per heavy atom. The summed E-state index contributed by atoms with van der Waals surface area (Å²) in [7, 11) is -10.2. The van der Waals surface area contributed by atoms with Crippen LogP contribution in [0.5, 0.6) is 0 Å². The molecule has 18 heteroatoms. The highest BCUT2D eigenvalue weighted by Gasteiger charge is 2.52. The molecule has 0 saturated carbocycles. The Bertz CT molecular complexity index is 996. The maximum Gasteiger partial charge on any atom is 0.397 e. The Hall–Kier alpha value is -0.580. The van der Waals surface area contributed by atoms with E-state index in [1.54, 1.807) is 0 Å². The van der Waals surface area contributed by atoms with Gasteiger partial charge in [-0.1, -0.05) is 77.6 Å². The molecular weight excluding hydrogens is 632 g/mol. The predicted molar refractivity (Wildman–Crippen MR) is 153 cm³/mol. The van der Waals surface area contributed by atoms with Crippen LogP contribution in [0.2, 0.25) is 0 Å². The summed E-state index contributed by atoms with van der Waals surface area (Å²) in [6.45, 7) is 0.786. The third kappa shape index (κ3) is 14.5. The van der Waals surface area contributed by atoms with Crippen LogP contribution in [0.25, 0.3) is 0 Å². The first-order valence-corrected chi connectivity index (χ1v) is 18.0. The van der Waals surface area contributed by atoms with E-state index in [1.165, 1.54) is 51.4 Å². The second-order valence-electron chi connectivity index (χ2n) is 11.2. The number of rotatable bonds is 23. The summed E-state index contributed by atoms with van der Waals surface area (Å²) in [5, 5.41) is 40.8. The third-order valence-corrected chi connectivity index (χ3v) is 8.50. The first-order valence-electron chi connectivity index (χ1n) is 15.2. The monoisotopic (exact) mass is 682 g/mol. The fourth-order valence-corrected chi connectivity index (χ4v) is 6.24. The van der Waals surface area contributed by atoms with Crippen LogP contribution in [0.15, 0.2) is 0 Å². The van der Waals surface area contributed by atoms with Gasteiger partial charge in [0.05, 0.1) is 19.8 Å². The molecule has 2 aliphatic heterocycles. The zero-order chi connectivity index (χ0) is 32.8. The molecule has 262 valence electrons. The van der Waals surface area contributed by atoms with E-state index in [2.05, 4.69) is 11.1 Å². The fourth-order valence-electron chi connectivity index (χ4n) is 5.26. The first kappa shape index (κ1) is 39.6. The Morgan fingerprint density at radius 2 is 1.36 bits per heavy atom. The quantitative estimate of drug-likeness (QED) is 0.0640. The minimum atomic E-state index is -5.17. The second kappa shape index (κ2) is 19.9. The molecule has 0 amide bonds. The average Bonchev–Trinajstić information content (AvgIpc) is 3.30. The third-order valence-electron chi connectivity index (χ3n) is 7.54. The van der Waals surface area contributed by atoms with Crippen LogP contribution in [0.4, 0.5) is 0 Å². The molecule has 2 fully saturated rings. The smallest absolute Gasteiger partial charge is 0.394 e. The highest BCUT2D eigenvalue weighted by atomic mass is 32.3. The van der Waals surface area contributed by atoms with Crippen molar-refractivity contribution in [2.45, 2.75) is 139 Å². The SMILES string of the molecule is CCCCCCCCCCCCCCOC[C@H](OS(=O)(=O)O)[C@H]1OC[C@@H](O)[C@@H]1O[C@@H]1O[C@H](CO)[C@H](O)[C@H](OS(=O)(=O)O)[C@H]1O. The van der Waals surface area contributed by atoms with Gasteiger partial charge >= 0.3 is 20.8 Å². The van der Waals surface area contributed by atoms with Gasteiger partial charge in [0.1, 0.15) is 48.8 Å². The van der Waals surface area contributed by atoms with E-state index in [9.17, 15) is 41.8 Å². The molecular formula is C26H50O16S2. The van der Waals surface area contributed by atoms with Crippen molar-refractivity contribution in [1.29, 1.82) is 0 Å².